The lowest BCUT2D eigenvalue weighted by Gasteiger charge is -2.51. The van der Waals surface area contributed by atoms with E-state index < -0.39 is 77.2 Å². The third kappa shape index (κ3) is 7.49. The van der Waals surface area contributed by atoms with Gasteiger partial charge in [-0.2, -0.15) is 0 Å². The number of rotatable bonds is 3. The number of fused-ring (bicyclic) bond motifs is 2. The molecule has 0 aromatic carbocycles. The number of carbonyl (C=O) groups is 3. The van der Waals surface area contributed by atoms with Gasteiger partial charge in [0.1, 0.15) is 36.4 Å². The van der Waals surface area contributed by atoms with Gasteiger partial charge >= 0.3 is 17.9 Å². The van der Waals surface area contributed by atoms with E-state index in [1.54, 1.807) is 26.0 Å². The van der Waals surface area contributed by atoms with Crippen LogP contribution in [0.2, 0.25) is 0 Å². The molecule has 5 rings (SSSR count). The average molecular weight is 683 g/mol. The van der Waals surface area contributed by atoms with Crippen molar-refractivity contribution in [2.45, 2.75) is 119 Å². The smallest absolute Gasteiger partial charge is 0.316 e. The van der Waals surface area contributed by atoms with Gasteiger partial charge in [0.2, 0.25) is 0 Å². The van der Waals surface area contributed by atoms with E-state index in [0.29, 0.717) is 16.7 Å². The SMILES string of the molecule is C=C(C(C)Cl)[C@H]1O[C@@]2(C[C@@H]3C[C@@H](CCOC(=O)CCCC(=O)OC/C=C4\CO[C@@H]5[C@H](OC)C(C)=C[C@@H](C(=O)O3)[C@]45O)O2)C[C@H](O)[C@@H]1C. The van der Waals surface area contributed by atoms with Crippen LogP contribution in [0.15, 0.2) is 35.5 Å². The van der Waals surface area contributed by atoms with Crippen LogP contribution >= 0.6 is 11.6 Å². The predicted octanol–water partition coefficient (Wildman–Crippen LogP) is 3.05. The van der Waals surface area contributed by atoms with E-state index in [9.17, 15) is 24.6 Å². The van der Waals surface area contributed by atoms with Crippen LogP contribution < -0.4 is 0 Å². The molecule has 1 spiro atoms. The summed E-state index contributed by atoms with van der Waals surface area (Å²) in [6.07, 6.45) is -0.102. The maximum atomic E-state index is 14.1. The second-order valence-electron chi connectivity index (χ2n) is 13.4. The van der Waals surface area contributed by atoms with Crippen molar-refractivity contribution < 1.29 is 57.8 Å². The van der Waals surface area contributed by atoms with E-state index in [-0.39, 0.29) is 70.7 Å². The zero-order valence-corrected chi connectivity index (χ0v) is 28.2. The van der Waals surface area contributed by atoms with Gasteiger partial charge in [-0.05, 0) is 43.1 Å². The zero-order chi connectivity index (χ0) is 34.1. The number of aliphatic hydroxyl groups excluding tert-OH is 1. The maximum Gasteiger partial charge on any atom is 0.316 e. The quantitative estimate of drug-likeness (QED) is 0.194. The highest BCUT2D eigenvalue weighted by atomic mass is 35.5. The molecule has 13 heteroatoms. The molecule has 0 amide bonds. The molecule has 11 atom stereocenters. The number of methoxy groups -OCH3 is 1. The van der Waals surface area contributed by atoms with Gasteiger partial charge in [-0.1, -0.05) is 19.6 Å². The Labute approximate surface area is 280 Å². The number of alkyl halides is 1. The molecule has 47 heavy (non-hydrogen) atoms. The van der Waals surface area contributed by atoms with Gasteiger partial charge in [0.15, 0.2) is 5.79 Å². The fourth-order valence-corrected chi connectivity index (χ4v) is 7.56. The highest BCUT2D eigenvalue weighted by Crippen LogP contribution is 2.48. The first-order valence-corrected chi connectivity index (χ1v) is 16.8. The third-order valence-corrected chi connectivity index (χ3v) is 10.4. The van der Waals surface area contributed by atoms with E-state index in [1.807, 2.05) is 6.92 Å². The van der Waals surface area contributed by atoms with Crippen molar-refractivity contribution in [1.29, 1.82) is 0 Å². The van der Waals surface area contributed by atoms with E-state index in [0.717, 1.165) is 0 Å². The Kier molecular flexibility index (Phi) is 11.2. The summed E-state index contributed by atoms with van der Waals surface area (Å²) in [6.45, 7) is 9.40. The Morgan fingerprint density at radius 2 is 1.85 bits per heavy atom. The van der Waals surface area contributed by atoms with Crippen LogP contribution in [0.5, 0.6) is 0 Å². The standard InChI is InChI=1S/C34H47ClO12/c1-18-13-25-32(39)45-24-14-23(46-33(15-24)16-26(36)20(3)30(47-33)19(2)21(4)35)10-12-43-28(38)8-6-7-27(37)42-11-9-22-17-44-31(29(18)41-5)34(22,25)40/h9,13,20-21,23-26,29-31,36,40H,2,6-8,10-12,14-17H2,1,3-5H3/b22-9+/t20-,21?,23+,24-,25-,26-,29+,30+,31+,33-,34+/m0/s1. The molecule has 0 aromatic rings. The number of aliphatic hydroxyl groups is 2. The van der Waals surface area contributed by atoms with Crippen molar-refractivity contribution >= 4 is 29.5 Å². The van der Waals surface area contributed by atoms with Gasteiger partial charge < -0.3 is 43.4 Å². The van der Waals surface area contributed by atoms with E-state index in [4.69, 9.17) is 44.8 Å². The summed E-state index contributed by atoms with van der Waals surface area (Å²) in [7, 11) is 1.50. The lowest BCUT2D eigenvalue weighted by molar-refractivity contribution is -0.344. The molecule has 0 aromatic heterocycles. The molecule has 1 unspecified atom stereocenters. The molecule has 0 radical (unpaired) electrons. The first kappa shape index (κ1) is 36.0. The average Bonchev–Trinajstić information content (AvgIpc) is 3.34. The van der Waals surface area contributed by atoms with Crippen LogP contribution in [0.3, 0.4) is 0 Å². The molecule has 5 aliphatic rings. The minimum Gasteiger partial charge on any atom is -0.466 e. The van der Waals surface area contributed by atoms with Gasteiger partial charge in [-0.3, -0.25) is 14.4 Å². The molecule has 4 aliphatic heterocycles. The fraction of sp³-hybridized carbons (Fsp3) is 0.735. The first-order chi connectivity index (χ1) is 22.3. The van der Waals surface area contributed by atoms with Crippen LogP contribution in [-0.4, -0.2) is 108 Å². The van der Waals surface area contributed by atoms with Gasteiger partial charge in [0, 0.05) is 51.6 Å². The monoisotopic (exact) mass is 682 g/mol. The van der Waals surface area contributed by atoms with Crippen molar-refractivity contribution in [1.82, 2.24) is 0 Å². The first-order valence-electron chi connectivity index (χ1n) is 16.4. The Morgan fingerprint density at radius 3 is 2.55 bits per heavy atom. The van der Waals surface area contributed by atoms with Gasteiger partial charge in [-0.25, -0.2) is 0 Å². The number of halogens is 1. The lowest BCUT2D eigenvalue weighted by Crippen LogP contribution is -2.60. The molecular formula is C34H47ClO12. The van der Waals surface area contributed by atoms with Crippen LogP contribution in [0, 0.1) is 11.8 Å². The lowest BCUT2D eigenvalue weighted by atomic mass is 9.71. The summed E-state index contributed by atoms with van der Waals surface area (Å²) in [5, 5.41) is 23.0. The number of cyclic esters (lactones) is 2. The minimum atomic E-state index is -1.83. The Hall–Kier alpha value is -2.32. The molecule has 3 fully saturated rings. The Balaban J connectivity index is 1.48. The van der Waals surface area contributed by atoms with E-state index in [2.05, 4.69) is 6.58 Å². The van der Waals surface area contributed by atoms with Crippen molar-refractivity contribution in [2.75, 3.05) is 26.9 Å². The number of esters is 3. The highest BCUT2D eigenvalue weighted by molar-refractivity contribution is 6.22. The highest BCUT2D eigenvalue weighted by Gasteiger charge is 2.61. The summed E-state index contributed by atoms with van der Waals surface area (Å²) in [5.41, 5.74) is -0.172. The van der Waals surface area contributed by atoms with Crippen molar-refractivity contribution in [2.24, 2.45) is 11.8 Å². The number of carbonyl (C=O) groups excluding carboxylic acids is 3. The molecule has 3 saturated heterocycles. The molecular weight excluding hydrogens is 636 g/mol. The minimum absolute atomic E-state index is 0.00565. The van der Waals surface area contributed by atoms with Crippen molar-refractivity contribution in [3.05, 3.63) is 35.5 Å². The number of ether oxygens (including phenoxy) is 7. The largest absolute Gasteiger partial charge is 0.466 e. The van der Waals surface area contributed by atoms with Crippen LogP contribution in [0.1, 0.15) is 65.7 Å². The third-order valence-electron chi connectivity index (χ3n) is 10.1. The fourth-order valence-electron chi connectivity index (χ4n) is 7.43. The van der Waals surface area contributed by atoms with E-state index in [1.165, 1.54) is 7.11 Å². The Morgan fingerprint density at radius 1 is 1.13 bits per heavy atom. The molecule has 0 saturated carbocycles. The van der Waals surface area contributed by atoms with Crippen LogP contribution in [0.4, 0.5) is 0 Å². The molecule has 12 nitrogen and oxygen atoms in total. The summed E-state index contributed by atoms with van der Waals surface area (Å²) in [4.78, 5) is 38.9. The summed E-state index contributed by atoms with van der Waals surface area (Å²) < 4.78 is 41.7. The molecule has 4 heterocycles. The van der Waals surface area contributed by atoms with E-state index >= 15 is 0 Å². The van der Waals surface area contributed by atoms with Crippen molar-refractivity contribution in [3.8, 4) is 0 Å². The predicted molar refractivity (Wildman–Crippen MR) is 167 cm³/mol. The number of hydrogen-bond acceptors (Lipinski definition) is 12. The molecule has 2 bridgehead atoms. The topological polar surface area (TPSA) is 156 Å². The second-order valence-corrected chi connectivity index (χ2v) is 14.0. The second kappa shape index (κ2) is 14.7. The van der Waals surface area contributed by atoms with Crippen LogP contribution in [0.25, 0.3) is 0 Å². The molecule has 1 aliphatic carbocycles. The number of hydrogen-bond donors (Lipinski definition) is 2. The molecule has 262 valence electrons. The summed E-state index contributed by atoms with van der Waals surface area (Å²) in [5.74, 6) is -4.49. The summed E-state index contributed by atoms with van der Waals surface area (Å²) in [6, 6.07) is 0. The summed E-state index contributed by atoms with van der Waals surface area (Å²) >= 11 is 6.39. The van der Waals surface area contributed by atoms with Crippen molar-refractivity contribution in [3.63, 3.8) is 0 Å². The zero-order valence-electron chi connectivity index (χ0n) is 27.5. The Bertz CT molecular complexity index is 1280. The van der Waals surface area contributed by atoms with Crippen LogP contribution in [-0.2, 0) is 47.5 Å². The normalized spacial score (nSPS) is 42.2. The van der Waals surface area contributed by atoms with Gasteiger partial charge in [-0.15, -0.1) is 11.6 Å². The van der Waals surface area contributed by atoms with Gasteiger partial charge in [0.25, 0.3) is 0 Å². The molecule has 2 N–H and O–H groups in total. The maximum absolute atomic E-state index is 14.1. The van der Waals surface area contributed by atoms with Gasteiger partial charge in [0.05, 0.1) is 36.9 Å².